The quantitative estimate of drug-likeness (QED) is 0.0157. The summed E-state index contributed by atoms with van der Waals surface area (Å²) in [6, 6.07) is 1.03. The molecule has 1 unspecified atom stereocenters. The maximum absolute atomic E-state index is 14.8. The molecule has 0 saturated carbocycles. The van der Waals surface area contributed by atoms with Crippen LogP contribution in [0.1, 0.15) is 157 Å². The van der Waals surface area contributed by atoms with Crippen LogP contribution in [0.4, 0.5) is 0 Å². The largest absolute Gasteiger partial charge is 0.393 e. The lowest BCUT2D eigenvalue weighted by Gasteiger charge is -2.29. The standard InChI is InChI=1S/C72H119N21O14/c1-39(2)33-54(92-70(107)58(45(9)95)93-60(97)41(5)35-47-38-82-49-24-14-13-23-48(47)49)66(103)84-44(8)62(99)89-55(34-40(3)4)67(104)90-56(36-42(6)94)68(105)91-57(37-46-21-11-10-12-22-46)69(106)88-52(26-16-18-30-74)64(101)87-53(28-20-32-81-72(78)79)65(102)86-51(25-15-17-29-73)63(100)83-43(7)61(98)85-50(59(75)96)27-19-31-80-71(76)77/h10-14,21-24,38-45,50-58,82,94-95H,15-20,25-37,73-74H2,1-9H3,(H2,75,96)(H,83,100)(H,84,103)(H,85,98)(H,86,102)(H,87,101)(H,88,106)(H,89,99)(H,90,104)(H,91,105)(H,92,107)(H,93,97)(H4,76,77,80)(H4,78,79,81)/t41-,42?,43-,44-,45+,50-,51-,52-,53-,54-,55-,56-,57-,58-/m0/s1. The van der Waals surface area contributed by atoms with Crippen molar-refractivity contribution in [3.05, 3.63) is 71.9 Å². The number of guanidine groups is 2. The third kappa shape index (κ3) is 34.0. The molecule has 0 spiro atoms. The average molecular weight is 1500 g/mol. The molecule has 28 N–H and O–H groups in total. The van der Waals surface area contributed by atoms with Gasteiger partial charge in [0.25, 0.3) is 0 Å². The highest BCUT2D eigenvalue weighted by atomic mass is 16.3. The molecule has 0 radical (unpaired) electrons. The number of amides is 12. The number of fused-ring (bicyclic) bond motifs is 1. The molecule has 1 heterocycles. The molecule has 107 heavy (non-hydrogen) atoms. The molecule has 14 atom stereocenters. The van der Waals surface area contributed by atoms with Crippen molar-refractivity contribution in [2.45, 2.75) is 237 Å². The van der Waals surface area contributed by atoms with Crippen LogP contribution in [0, 0.1) is 28.6 Å². The van der Waals surface area contributed by atoms with Crippen molar-refractivity contribution < 1.29 is 67.7 Å². The number of H-pyrrole nitrogens is 1. The van der Waals surface area contributed by atoms with Crippen LogP contribution in [0.15, 0.2) is 60.8 Å². The second kappa shape index (κ2) is 47.5. The number of primary amides is 1. The Morgan fingerprint density at radius 3 is 1.25 bits per heavy atom. The number of hydrogen-bond acceptors (Lipinski definition) is 18. The lowest BCUT2D eigenvalue weighted by Crippen LogP contribution is -2.61. The van der Waals surface area contributed by atoms with Gasteiger partial charge in [0.05, 0.1) is 12.2 Å². The van der Waals surface area contributed by atoms with Crippen LogP contribution in [-0.4, -0.2) is 203 Å². The van der Waals surface area contributed by atoms with E-state index in [0.29, 0.717) is 37.7 Å². The van der Waals surface area contributed by atoms with Crippen molar-refractivity contribution in [2.75, 3.05) is 26.2 Å². The summed E-state index contributed by atoms with van der Waals surface area (Å²) >= 11 is 0. The fraction of sp³-hybridized carbons (Fsp3) is 0.611. The number of nitrogens with two attached hydrogens (primary N) is 5. The smallest absolute Gasteiger partial charge is 0.245 e. The minimum absolute atomic E-state index is 0.001000. The molecular formula is C72H119N21O14. The van der Waals surface area contributed by atoms with Gasteiger partial charge in [0.2, 0.25) is 70.9 Å². The zero-order valence-electron chi connectivity index (χ0n) is 63.1. The van der Waals surface area contributed by atoms with E-state index in [1.807, 2.05) is 24.3 Å². The van der Waals surface area contributed by atoms with Crippen molar-refractivity contribution in [2.24, 2.45) is 46.4 Å². The van der Waals surface area contributed by atoms with Crippen LogP contribution in [0.5, 0.6) is 0 Å². The Kier molecular flexibility index (Phi) is 40.5. The van der Waals surface area contributed by atoms with Gasteiger partial charge < -0.3 is 113 Å². The second-order valence-electron chi connectivity index (χ2n) is 28.1. The summed E-state index contributed by atoms with van der Waals surface area (Å²) in [7, 11) is 0. The molecule has 3 rings (SSSR count). The number of aromatic amines is 1. The lowest BCUT2D eigenvalue weighted by atomic mass is 9.98. The van der Waals surface area contributed by atoms with E-state index in [1.165, 1.54) is 27.7 Å². The molecule has 0 bridgehead atoms. The maximum atomic E-state index is 14.8. The first-order chi connectivity index (χ1) is 50.5. The number of aliphatic hydroxyl groups is 2. The van der Waals surface area contributed by atoms with E-state index in [1.54, 1.807) is 71.1 Å². The number of carbonyl (C=O) groups excluding carboxylic acids is 12. The van der Waals surface area contributed by atoms with Crippen LogP contribution in [0.2, 0.25) is 0 Å². The minimum Gasteiger partial charge on any atom is -0.393 e. The number of carbonyl (C=O) groups is 12. The number of rotatable bonds is 50. The first-order valence-corrected chi connectivity index (χ1v) is 36.7. The zero-order chi connectivity index (χ0) is 80.0. The Morgan fingerprint density at radius 2 is 0.794 bits per heavy atom. The van der Waals surface area contributed by atoms with Gasteiger partial charge in [-0.25, -0.2) is 0 Å². The van der Waals surface area contributed by atoms with E-state index in [2.05, 4.69) is 74.1 Å². The van der Waals surface area contributed by atoms with Gasteiger partial charge in [-0.1, -0.05) is 83.1 Å². The number of nitrogens with one attached hydrogen (secondary N) is 16. The summed E-state index contributed by atoms with van der Waals surface area (Å²) in [6.07, 6.45) is 0.753. The van der Waals surface area contributed by atoms with E-state index in [9.17, 15) is 67.7 Å². The molecule has 2 aromatic carbocycles. The summed E-state index contributed by atoms with van der Waals surface area (Å²) in [6.45, 7) is 14.9. The van der Waals surface area contributed by atoms with Crippen molar-refractivity contribution in [1.29, 1.82) is 10.8 Å². The normalized spacial score (nSPS) is 15.2. The summed E-state index contributed by atoms with van der Waals surface area (Å²) in [5.74, 6) is -11.6. The molecule has 3 aromatic rings. The second-order valence-corrected chi connectivity index (χ2v) is 28.1. The summed E-state index contributed by atoms with van der Waals surface area (Å²) in [5, 5.41) is 71.8. The van der Waals surface area contributed by atoms with E-state index in [0.717, 1.165) is 16.5 Å². The predicted molar refractivity (Wildman–Crippen MR) is 404 cm³/mol. The Morgan fingerprint density at radius 1 is 0.411 bits per heavy atom. The van der Waals surface area contributed by atoms with Gasteiger partial charge in [-0.15, -0.1) is 0 Å². The molecule has 0 saturated heterocycles. The highest BCUT2D eigenvalue weighted by Crippen LogP contribution is 2.22. The van der Waals surface area contributed by atoms with E-state index >= 15 is 0 Å². The van der Waals surface area contributed by atoms with Crippen molar-refractivity contribution in [3.63, 3.8) is 0 Å². The van der Waals surface area contributed by atoms with Gasteiger partial charge in [0.15, 0.2) is 11.9 Å². The van der Waals surface area contributed by atoms with Gasteiger partial charge in [-0.05, 0) is 153 Å². The van der Waals surface area contributed by atoms with Gasteiger partial charge in [-0.3, -0.25) is 68.4 Å². The fourth-order valence-electron chi connectivity index (χ4n) is 11.6. The minimum atomic E-state index is -1.57. The Labute approximate surface area is 625 Å². The zero-order valence-corrected chi connectivity index (χ0v) is 63.1. The molecule has 0 aliphatic carbocycles. The number of aromatic nitrogens is 1. The van der Waals surface area contributed by atoms with Crippen molar-refractivity contribution >= 4 is 93.7 Å². The van der Waals surface area contributed by atoms with E-state index < -0.39 is 162 Å². The Balaban J connectivity index is 1.89. The molecular weight excluding hydrogens is 1380 g/mol. The molecule has 1 aromatic heterocycles. The van der Waals surface area contributed by atoms with E-state index in [-0.39, 0.29) is 108 Å². The summed E-state index contributed by atoms with van der Waals surface area (Å²) < 4.78 is 0. The molecule has 35 heteroatoms. The Bertz CT molecular complexity index is 3410. The fourth-order valence-corrected chi connectivity index (χ4v) is 11.6. The first kappa shape index (κ1) is 91.2. The van der Waals surface area contributed by atoms with Crippen molar-refractivity contribution in [3.8, 4) is 0 Å². The van der Waals surface area contributed by atoms with Crippen LogP contribution >= 0.6 is 0 Å². The van der Waals surface area contributed by atoms with Gasteiger partial charge in [-0.2, -0.15) is 0 Å². The number of para-hydroxylation sites is 1. The number of unbranched alkanes of at least 4 members (excludes halogenated alkanes) is 2. The third-order valence-corrected chi connectivity index (χ3v) is 17.4. The first-order valence-electron chi connectivity index (χ1n) is 36.7. The number of aliphatic hydroxyl groups excluding tert-OH is 2. The number of benzene rings is 2. The molecule has 0 fully saturated rings. The van der Waals surface area contributed by atoms with Crippen LogP contribution in [-0.2, 0) is 70.4 Å². The Hall–Kier alpha value is -10.00. The summed E-state index contributed by atoms with van der Waals surface area (Å²) in [5.41, 5.74) is 30.4. The van der Waals surface area contributed by atoms with Gasteiger partial charge in [0.1, 0.15) is 66.5 Å². The highest BCUT2D eigenvalue weighted by molar-refractivity contribution is 5.99. The maximum Gasteiger partial charge on any atom is 0.245 e. The van der Waals surface area contributed by atoms with Crippen molar-refractivity contribution in [1.82, 2.24) is 74.1 Å². The van der Waals surface area contributed by atoms with Crippen LogP contribution in [0.3, 0.4) is 0 Å². The highest BCUT2D eigenvalue weighted by Gasteiger charge is 2.37. The van der Waals surface area contributed by atoms with Gasteiger partial charge >= 0.3 is 0 Å². The number of hydrogen-bond donors (Lipinski definition) is 23. The SMILES string of the molecule is CC(C)C[C@H](NC(=O)[C@H](C)NC(=O)[C@H](CC(C)C)NC(=O)[C@@H](NC(=O)[C@@H](C)Cc1c[nH]c2ccccc12)[C@@H](C)O)C(=O)N[C@@H](CC(C)O)C(=O)N[C@@H](Cc1ccccc1)C(=O)N[C@@H](CCCCN)C(=O)N[C@@H](CCCNC(=N)N)C(=O)N[C@@H](CCCCN)C(=O)N[C@@H](C)C(=O)N[C@@H](CCCNC(=N)N)C(N)=O. The predicted octanol–water partition coefficient (Wildman–Crippen LogP) is -2.52. The van der Waals surface area contributed by atoms with Crippen LogP contribution < -0.4 is 97.8 Å². The monoisotopic (exact) mass is 1500 g/mol. The molecule has 0 aliphatic rings. The average Bonchev–Trinajstić information content (AvgIpc) is 1.75. The lowest BCUT2D eigenvalue weighted by molar-refractivity contribution is -0.137. The molecule has 12 amide bonds. The molecule has 0 aliphatic heterocycles. The summed E-state index contributed by atoms with van der Waals surface area (Å²) in [4.78, 5) is 172. The van der Waals surface area contributed by atoms with Crippen LogP contribution in [0.25, 0.3) is 10.9 Å². The van der Waals surface area contributed by atoms with Gasteiger partial charge in [0, 0.05) is 48.9 Å². The molecule has 35 nitrogen and oxygen atoms in total. The van der Waals surface area contributed by atoms with E-state index in [4.69, 9.17) is 39.5 Å². The molecule has 596 valence electrons. The topological polar surface area (TPSA) is 595 Å². The third-order valence-electron chi connectivity index (χ3n) is 17.4.